The van der Waals surface area contributed by atoms with Crippen LogP contribution in [0.5, 0.6) is 0 Å². The van der Waals surface area contributed by atoms with Crippen molar-refractivity contribution >= 4 is 29.5 Å². The van der Waals surface area contributed by atoms with Crippen molar-refractivity contribution in [1.82, 2.24) is 10.2 Å². The zero-order valence-electron chi connectivity index (χ0n) is 17.2. The predicted octanol–water partition coefficient (Wildman–Crippen LogP) is 2.11. The molecular weight excluding hydrogens is 409 g/mol. The number of nitrogens with zero attached hydrogens (tertiary/aromatic N) is 4. The minimum atomic E-state index is -1.29. The van der Waals surface area contributed by atoms with Gasteiger partial charge in [-0.2, -0.15) is 5.26 Å². The van der Waals surface area contributed by atoms with Gasteiger partial charge >= 0.3 is 12.2 Å². The summed E-state index contributed by atoms with van der Waals surface area (Å²) in [6, 6.07) is 3.83. The van der Waals surface area contributed by atoms with E-state index in [-0.39, 0.29) is 25.0 Å². The first-order valence-electron chi connectivity index (χ1n) is 9.92. The minimum Gasteiger partial charge on any atom is -0.464 e. The fourth-order valence-electron chi connectivity index (χ4n) is 4.01. The van der Waals surface area contributed by atoms with Crippen LogP contribution in [0.1, 0.15) is 26.7 Å². The average molecular weight is 433 g/mol. The van der Waals surface area contributed by atoms with Gasteiger partial charge in [0.05, 0.1) is 30.5 Å². The first-order valence-corrected chi connectivity index (χ1v) is 9.92. The lowest BCUT2D eigenvalue weighted by molar-refractivity contribution is -0.119. The molecule has 3 amide bonds. The standard InChI is InChI=1S/C20H24FN5O5/c1-12-7-15(26(11-22)19(28)29)5-6-24(12)18-4-3-14(8-17(18)21)25-10-16(31-20(25)30)9-23-13(2)27/h3-4,8,12,15-16H,5-7,9-10H2,1-2H3,(H,23,27)(H,28,29). The summed E-state index contributed by atoms with van der Waals surface area (Å²) in [4.78, 5) is 38.3. The molecule has 2 heterocycles. The number of nitriles is 1. The van der Waals surface area contributed by atoms with E-state index >= 15 is 0 Å². The highest BCUT2D eigenvalue weighted by Gasteiger charge is 2.35. The van der Waals surface area contributed by atoms with E-state index in [0.29, 0.717) is 30.8 Å². The molecule has 2 saturated heterocycles. The molecule has 1 aromatic carbocycles. The molecule has 3 unspecified atom stereocenters. The van der Waals surface area contributed by atoms with Gasteiger partial charge in [-0.1, -0.05) is 0 Å². The van der Waals surface area contributed by atoms with Gasteiger partial charge in [-0.25, -0.2) is 18.9 Å². The third kappa shape index (κ3) is 4.79. The maximum absolute atomic E-state index is 15.0. The number of cyclic esters (lactones) is 1. The van der Waals surface area contributed by atoms with Crippen LogP contribution in [-0.4, -0.2) is 65.9 Å². The Kier molecular flexibility index (Phi) is 6.48. The lowest BCUT2D eigenvalue weighted by atomic mass is 9.96. The number of anilines is 2. The summed E-state index contributed by atoms with van der Waals surface area (Å²) in [6.07, 6.45) is 0.0578. The second-order valence-corrected chi connectivity index (χ2v) is 7.66. The third-order valence-electron chi connectivity index (χ3n) is 5.53. The number of halogens is 1. The first-order chi connectivity index (χ1) is 14.7. The predicted molar refractivity (Wildman–Crippen MR) is 108 cm³/mol. The highest BCUT2D eigenvalue weighted by Crippen LogP contribution is 2.32. The number of rotatable bonds is 5. The number of benzene rings is 1. The molecule has 166 valence electrons. The van der Waals surface area contributed by atoms with Gasteiger partial charge in [0.25, 0.3) is 0 Å². The van der Waals surface area contributed by atoms with Crippen molar-refractivity contribution in [1.29, 1.82) is 5.26 Å². The van der Waals surface area contributed by atoms with Crippen molar-refractivity contribution in [2.75, 3.05) is 29.4 Å². The van der Waals surface area contributed by atoms with Gasteiger partial charge in [-0.15, -0.1) is 0 Å². The molecule has 3 atom stereocenters. The molecule has 1 aromatic rings. The van der Waals surface area contributed by atoms with Gasteiger partial charge in [0.1, 0.15) is 11.9 Å². The number of hydrogen-bond acceptors (Lipinski definition) is 6. The quantitative estimate of drug-likeness (QED) is 0.538. The van der Waals surface area contributed by atoms with Crippen LogP contribution in [0, 0.1) is 17.3 Å². The zero-order valence-corrected chi connectivity index (χ0v) is 17.2. The van der Waals surface area contributed by atoms with Crippen LogP contribution in [-0.2, 0) is 9.53 Å². The number of carbonyl (C=O) groups excluding carboxylic acids is 2. The first kappa shape index (κ1) is 22.1. The summed E-state index contributed by atoms with van der Waals surface area (Å²) in [6.45, 7) is 3.98. The van der Waals surface area contributed by atoms with Crippen LogP contribution in [0.2, 0.25) is 0 Å². The fraction of sp³-hybridized carbons (Fsp3) is 0.500. The van der Waals surface area contributed by atoms with Crippen molar-refractivity contribution in [2.24, 2.45) is 0 Å². The highest BCUT2D eigenvalue weighted by molar-refractivity contribution is 5.90. The van der Waals surface area contributed by atoms with Crippen LogP contribution in [0.3, 0.4) is 0 Å². The molecule has 2 aliphatic heterocycles. The maximum Gasteiger partial charge on any atom is 0.420 e. The van der Waals surface area contributed by atoms with Crippen LogP contribution < -0.4 is 15.1 Å². The van der Waals surface area contributed by atoms with E-state index in [1.807, 2.05) is 11.8 Å². The number of nitrogens with one attached hydrogen (secondary N) is 1. The van der Waals surface area contributed by atoms with Crippen LogP contribution in [0.4, 0.5) is 25.4 Å². The monoisotopic (exact) mass is 433 g/mol. The molecule has 31 heavy (non-hydrogen) atoms. The molecule has 3 rings (SSSR count). The minimum absolute atomic E-state index is 0.181. The topological polar surface area (TPSA) is 126 Å². The normalized spacial score (nSPS) is 23.2. The van der Waals surface area contributed by atoms with E-state index in [4.69, 9.17) is 15.1 Å². The van der Waals surface area contributed by atoms with E-state index in [9.17, 15) is 18.8 Å². The highest BCUT2D eigenvalue weighted by atomic mass is 19.1. The molecule has 0 saturated carbocycles. The SMILES string of the molecule is CC(=O)NCC1CN(c2ccc(N3CCC(N(C#N)C(=O)O)CC3C)c(F)c2)C(=O)O1. The van der Waals surface area contributed by atoms with Crippen molar-refractivity contribution in [3.63, 3.8) is 0 Å². The van der Waals surface area contributed by atoms with E-state index in [2.05, 4.69) is 5.32 Å². The van der Waals surface area contributed by atoms with Crippen LogP contribution in [0.15, 0.2) is 18.2 Å². The number of piperidine rings is 1. The lowest BCUT2D eigenvalue weighted by Gasteiger charge is -2.40. The Balaban J connectivity index is 1.69. The number of carbonyl (C=O) groups is 3. The molecular formula is C20H24FN5O5. The molecule has 2 N–H and O–H groups in total. The maximum atomic E-state index is 15.0. The van der Waals surface area contributed by atoms with Crippen LogP contribution in [0.25, 0.3) is 0 Å². The summed E-state index contributed by atoms with van der Waals surface area (Å²) in [5.74, 6) is -0.750. The van der Waals surface area contributed by atoms with Gasteiger partial charge < -0.3 is 20.1 Å². The van der Waals surface area contributed by atoms with E-state index in [1.165, 1.54) is 17.9 Å². The van der Waals surface area contributed by atoms with Crippen LogP contribution >= 0.6 is 0 Å². The number of ether oxygens (including phenoxy) is 1. The Morgan fingerprint density at radius 3 is 2.77 bits per heavy atom. The van der Waals surface area contributed by atoms with Gasteiger partial charge in [0.15, 0.2) is 6.19 Å². The summed E-state index contributed by atoms with van der Waals surface area (Å²) in [7, 11) is 0. The van der Waals surface area contributed by atoms with Gasteiger partial charge in [-0.05, 0) is 38.0 Å². The van der Waals surface area contributed by atoms with Crippen molar-refractivity contribution in [3.8, 4) is 6.19 Å². The molecule has 0 spiro atoms. The average Bonchev–Trinajstić information content (AvgIpc) is 3.08. The second-order valence-electron chi connectivity index (χ2n) is 7.66. The molecule has 0 bridgehead atoms. The molecule has 0 radical (unpaired) electrons. The smallest absolute Gasteiger partial charge is 0.420 e. The number of hydrogen-bond donors (Lipinski definition) is 2. The Labute approximate surface area is 178 Å². The largest absolute Gasteiger partial charge is 0.464 e. The van der Waals surface area contributed by atoms with Crippen molar-refractivity contribution in [3.05, 3.63) is 24.0 Å². The summed E-state index contributed by atoms with van der Waals surface area (Å²) < 4.78 is 20.2. The van der Waals surface area contributed by atoms with E-state index < -0.39 is 30.1 Å². The van der Waals surface area contributed by atoms with E-state index in [1.54, 1.807) is 18.3 Å². The Bertz CT molecular complexity index is 920. The molecule has 10 nitrogen and oxygen atoms in total. The Morgan fingerprint density at radius 2 is 2.19 bits per heavy atom. The fourth-order valence-corrected chi connectivity index (χ4v) is 4.01. The Morgan fingerprint density at radius 1 is 1.45 bits per heavy atom. The lowest BCUT2D eigenvalue weighted by Crippen LogP contribution is -2.49. The summed E-state index contributed by atoms with van der Waals surface area (Å²) in [5.41, 5.74) is 0.691. The zero-order chi connectivity index (χ0) is 22.7. The number of amides is 3. The van der Waals surface area contributed by atoms with Crippen molar-refractivity contribution in [2.45, 2.75) is 44.9 Å². The van der Waals surface area contributed by atoms with Gasteiger partial charge in [-0.3, -0.25) is 9.69 Å². The molecule has 2 aliphatic rings. The second kappa shape index (κ2) is 9.07. The Hall–Kier alpha value is -3.55. The summed E-state index contributed by atoms with van der Waals surface area (Å²) >= 11 is 0. The van der Waals surface area contributed by atoms with Gasteiger partial charge in [0, 0.05) is 19.5 Å². The summed E-state index contributed by atoms with van der Waals surface area (Å²) in [5, 5.41) is 20.8. The molecule has 0 aliphatic carbocycles. The molecule has 11 heteroatoms. The number of carboxylic acid groups (broad SMARTS) is 1. The molecule has 0 aromatic heterocycles. The van der Waals surface area contributed by atoms with Crippen molar-refractivity contribution < 1.29 is 28.6 Å². The van der Waals surface area contributed by atoms with Gasteiger partial charge in [0.2, 0.25) is 5.91 Å². The molecule has 2 fully saturated rings. The third-order valence-corrected chi connectivity index (χ3v) is 5.53. The van der Waals surface area contributed by atoms with E-state index in [0.717, 1.165) is 4.90 Å².